The van der Waals surface area contributed by atoms with Crippen LogP contribution >= 0.6 is 0 Å². The molecule has 0 aromatic carbocycles. The van der Waals surface area contributed by atoms with Crippen LogP contribution in [0.5, 0.6) is 0 Å². The maximum atomic E-state index is 9.77. The normalized spacial score (nSPS) is 54.5. The zero-order chi connectivity index (χ0) is 7.64. The highest BCUT2D eigenvalue weighted by Gasteiger charge is 2.67. The SMILES string of the molecule is CC12C3CCC1C[C](C3)[N+]2=[N-]. The average molecular weight is 149 g/mol. The molecular weight excluding hydrogens is 136 g/mol. The molecule has 0 spiro atoms. The Morgan fingerprint density at radius 2 is 1.91 bits per heavy atom. The van der Waals surface area contributed by atoms with Gasteiger partial charge in [0, 0.05) is 31.6 Å². The van der Waals surface area contributed by atoms with E-state index in [-0.39, 0.29) is 5.54 Å². The Balaban J connectivity index is 2.16. The van der Waals surface area contributed by atoms with E-state index in [1.54, 1.807) is 4.70 Å². The van der Waals surface area contributed by atoms with Gasteiger partial charge in [0.05, 0.1) is 0 Å². The van der Waals surface area contributed by atoms with Crippen LogP contribution in [0.1, 0.15) is 32.6 Å². The largest absolute Gasteiger partial charge is 0.506 e. The van der Waals surface area contributed by atoms with Crippen molar-refractivity contribution in [3.05, 3.63) is 11.6 Å². The number of fused-ring (bicyclic) bond motifs is 1. The van der Waals surface area contributed by atoms with E-state index in [2.05, 4.69) is 6.92 Å². The van der Waals surface area contributed by atoms with Crippen molar-refractivity contribution >= 4 is 0 Å². The molecule has 2 atom stereocenters. The summed E-state index contributed by atoms with van der Waals surface area (Å²) in [7, 11) is 0. The molecule has 3 aliphatic rings. The fourth-order valence-corrected chi connectivity index (χ4v) is 3.45. The van der Waals surface area contributed by atoms with Gasteiger partial charge in [-0.1, -0.05) is 0 Å². The predicted molar refractivity (Wildman–Crippen MR) is 40.7 cm³/mol. The van der Waals surface area contributed by atoms with Crippen molar-refractivity contribution in [1.29, 1.82) is 0 Å². The summed E-state index contributed by atoms with van der Waals surface area (Å²) >= 11 is 0. The van der Waals surface area contributed by atoms with Crippen molar-refractivity contribution in [2.24, 2.45) is 11.8 Å². The van der Waals surface area contributed by atoms with Crippen LogP contribution in [0.15, 0.2) is 0 Å². The molecule has 2 heterocycles. The Hall–Kier alpha value is -0.400. The molecule has 2 aliphatic heterocycles. The van der Waals surface area contributed by atoms with E-state index in [0.29, 0.717) is 0 Å². The van der Waals surface area contributed by atoms with E-state index in [9.17, 15) is 5.53 Å². The number of nitrogens with zero attached hydrogens (tertiary/aromatic N) is 2. The molecule has 2 heteroatoms. The molecule has 0 aromatic heterocycles. The molecule has 59 valence electrons. The molecule has 1 saturated carbocycles. The van der Waals surface area contributed by atoms with Gasteiger partial charge in [-0.2, -0.15) is 0 Å². The Kier molecular flexibility index (Phi) is 0.851. The van der Waals surface area contributed by atoms with Crippen molar-refractivity contribution in [2.45, 2.75) is 38.1 Å². The average Bonchev–Trinajstić information content (AvgIpc) is 2.42. The monoisotopic (exact) mass is 149 g/mol. The van der Waals surface area contributed by atoms with Gasteiger partial charge in [0.2, 0.25) is 6.04 Å². The van der Waals surface area contributed by atoms with Crippen LogP contribution in [0, 0.1) is 17.9 Å². The Morgan fingerprint density at radius 1 is 1.36 bits per heavy atom. The van der Waals surface area contributed by atoms with E-state index in [4.69, 9.17) is 0 Å². The van der Waals surface area contributed by atoms with Crippen molar-refractivity contribution in [3.8, 4) is 0 Å². The summed E-state index contributed by atoms with van der Waals surface area (Å²) in [4.78, 5) is 0. The maximum Gasteiger partial charge on any atom is 0.216 e. The minimum Gasteiger partial charge on any atom is -0.506 e. The van der Waals surface area contributed by atoms with E-state index in [0.717, 1.165) is 11.8 Å². The van der Waals surface area contributed by atoms with Gasteiger partial charge >= 0.3 is 0 Å². The first-order valence-electron chi connectivity index (χ1n) is 4.56. The summed E-state index contributed by atoms with van der Waals surface area (Å²) in [5.41, 5.74) is 9.91. The van der Waals surface area contributed by atoms with Crippen LogP contribution < -0.4 is 0 Å². The molecule has 2 saturated heterocycles. The molecule has 3 fully saturated rings. The smallest absolute Gasteiger partial charge is 0.216 e. The summed E-state index contributed by atoms with van der Waals surface area (Å²) in [6.07, 6.45) is 5.01. The van der Waals surface area contributed by atoms with Gasteiger partial charge in [-0.3, -0.25) is 0 Å². The third kappa shape index (κ3) is 0.463. The highest BCUT2D eigenvalue weighted by molar-refractivity contribution is 5.13. The number of hydrogen-bond acceptors (Lipinski definition) is 0. The van der Waals surface area contributed by atoms with Crippen molar-refractivity contribution in [2.75, 3.05) is 0 Å². The minimum atomic E-state index is 0.148. The molecule has 0 aromatic rings. The molecule has 11 heavy (non-hydrogen) atoms. The summed E-state index contributed by atoms with van der Waals surface area (Å²) < 4.78 is 1.59. The van der Waals surface area contributed by atoms with Crippen LogP contribution in [-0.4, -0.2) is 10.2 Å². The molecule has 0 N–H and O–H groups in total. The Bertz CT molecular complexity index is 220. The standard InChI is InChI=1S/C9H13N2/c1-9-6-2-3-7(9)5-8(4-6)11(9)10/h6-7H,2-5H2,1H3. The summed E-state index contributed by atoms with van der Waals surface area (Å²) in [6.45, 7) is 2.23. The van der Waals surface area contributed by atoms with Crippen LogP contribution in [0.3, 0.4) is 0 Å². The first-order valence-corrected chi connectivity index (χ1v) is 4.56. The summed E-state index contributed by atoms with van der Waals surface area (Å²) in [6, 6.07) is 1.31. The van der Waals surface area contributed by atoms with Crippen molar-refractivity contribution < 1.29 is 4.70 Å². The zero-order valence-electron chi connectivity index (χ0n) is 6.88. The van der Waals surface area contributed by atoms with Crippen molar-refractivity contribution in [3.63, 3.8) is 0 Å². The topological polar surface area (TPSA) is 25.3 Å². The second kappa shape index (κ2) is 1.52. The molecule has 0 amide bonds. The van der Waals surface area contributed by atoms with Gasteiger partial charge in [0.15, 0.2) is 5.54 Å². The van der Waals surface area contributed by atoms with Gasteiger partial charge in [0.25, 0.3) is 0 Å². The van der Waals surface area contributed by atoms with Gasteiger partial charge in [-0.25, -0.2) is 0 Å². The van der Waals surface area contributed by atoms with E-state index >= 15 is 0 Å². The van der Waals surface area contributed by atoms with Crippen LogP contribution in [0.4, 0.5) is 0 Å². The summed E-state index contributed by atoms with van der Waals surface area (Å²) in [5, 5.41) is 0. The lowest BCUT2D eigenvalue weighted by molar-refractivity contribution is -0.579. The molecule has 3 rings (SSSR count). The molecule has 1 aliphatic carbocycles. The number of rotatable bonds is 0. The van der Waals surface area contributed by atoms with E-state index < -0.39 is 0 Å². The van der Waals surface area contributed by atoms with Gasteiger partial charge < -0.3 is 10.2 Å². The zero-order valence-corrected chi connectivity index (χ0v) is 6.88. The molecule has 2 unspecified atom stereocenters. The molecule has 2 nitrogen and oxygen atoms in total. The fourth-order valence-electron chi connectivity index (χ4n) is 3.45. The lowest BCUT2D eigenvalue weighted by atomic mass is 9.79. The van der Waals surface area contributed by atoms with Crippen LogP contribution in [-0.2, 0) is 0 Å². The van der Waals surface area contributed by atoms with Gasteiger partial charge in [-0.15, -0.1) is 0 Å². The van der Waals surface area contributed by atoms with Gasteiger partial charge in [-0.05, 0) is 12.8 Å². The number of hydrogen-bond donors (Lipinski definition) is 0. The summed E-state index contributed by atoms with van der Waals surface area (Å²) in [5.74, 6) is 1.53. The Labute approximate surface area is 67.1 Å². The van der Waals surface area contributed by atoms with Crippen LogP contribution in [0.2, 0.25) is 0 Å². The van der Waals surface area contributed by atoms with Gasteiger partial charge in [0.1, 0.15) is 0 Å². The predicted octanol–water partition coefficient (Wildman–Crippen LogP) is 2.14. The lowest BCUT2D eigenvalue weighted by Gasteiger charge is -2.23. The third-order valence-electron chi connectivity index (χ3n) is 4.24. The quantitative estimate of drug-likeness (QED) is 0.471. The first-order chi connectivity index (χ1) is 5.23. The highest BCUT2D eigenvalue weighted by Crippen LogP contribution is 2.61. The first kappa shape index (κ1) is 6.15. The second-order valence-corrected chi connectivity index (χ2v) is 4.48. The molecular formula is C9H13N2. The molecule has 2 bridgehead atoms. The Morgan fingerprint density at radius 3 is 2.27 bits per heavy atom. The maximum absolute atomic E-state index is 9.77. The lowest BCUT2D eigenvalue weighted by Crippen LogP contribution is -2.35. The fraction of sp³-hybridized carbons (Fsp3) is 0.889. The molecule has 1 radical (unpaired) electrons. The van der Waals surface area contributed by atoms with Crippen LogP contribution in [0.25, 0.3) is 5.53 Å². The van der Waals surface area contributed by atoms with E-state index in [1.165, 1.54) is 31.7 Å². The van der Waals surface area contributed by atoms with E-state index in [1.807, 2.05) is 0 Å². The minimum absolute atomic E-state index is 0.148. The van der Waals surface area contributed by atoms with Crippen molar-refractivity contribution in [1.82, 2.24) is 0 Å². The third-order valence-corrected chi connectivity index (χ3v) is 4.24. The highest BCUT2D eigenvalue weighted by atomic mass is 15.3. The second-order valence-electron chi connectivity index (χ2n) is 4.48.